The molecule has 1 aliphatic rings. The molecule has 0 saturated heterocycles. The van der Waals surface area contributed by atoms with Crippen LogP contribution < -0.4 is 0 Å². The first-order valence-electron chi connectivity index (χ1n) is 6.91. The van der Waals surface area contributed by atoms with Crippen LogP contribution in [-0.2, 0) is 12.6 Å². The van der Waals surface area contributed by atoms with Crippen molar-refractivity contribution >= 4 is 23.9 Å². The minimum Gasteiger partial charge on any atom is -0.327 e. The Morgan fingerprint density at radius 1 is 1.14 bits per heavy atom. The van der Waals surface area contributed by atoms with Crippen molar-refractivity contribution in [3.8, 4) is 0 Å². The highest BCUT2D eigenvalue weighted by molar-refractivity contribution is 7.71. The summed E-state index contributed by atoms with van der Waals surface area (Å²) < 4.78 is 39.4. The zero-order valence-corrected chi connectivity index (χ0v) is 12.4. The van der Waals surface area contributed by atoms with Crippen LogP contribution in [0.4, 0.5) is 13.2 Å². The lowest BCUT2D eigenvalue weighted by Crippen LogP contribution is -2.18. The molecule has 0 saturated carbocycles. The number of alkyl halides is 3. The monoisotopic (exact) mass is 322 g/mol. The van der Waals surface area contributed by atoms with Gasteiger partial charge >= 0.3 is 6.18 Å². The van der Waals surface area contributed by atoms with Crippen molar-refractivity contribution in [3.63, 3.8) is 0 Å². The lowest BCUT2D eigenvalue weighted by Gasteiger charge is -2.22. The van der Waals surface area contributed by atoms with Crippen LogP contribution >= 0.6 is 12.2 Å². The largest absolute Gasteiger partial charge is 0.431 e. The molecule has 22 heavy (non-hydrogen) atoms. The summed E-state index contributed by atoms with van der Waals surface area (Å²) in [6, 6.07) is 9.50. The van der Waals surface area contributed by atoms with Crippen LogP contribution in [0.3, 0.4) is 0 Å². The van der Waals surface area contributed by atoms with E-state index in [1.807, 2.05) is 36.4 Å². The number of nitrogens with zero attached hydrogens (tertiary/aromatic N) is 1. The maximum atomic E-state index is 13.2. The smallest absolute Gasteiger partial charge is 0.327 e. The molecule has 0 aliphatic heterocycles. The van der Waals surface area contributed by atoms with Gasteiger partial charge in [-0.1, -0.05) is 30.3 Å². The Kier molecular flexibility index (Phi) is 3.87. The first-order valence-corrected chi connectivity index (χ1v) is 7.32. The molecule has 3 rings (SSSR count). The first kappa shape index (κ1) is 15.0. The number of hydrogen-bond acceptors (Lipinski definition) is 2. The van der Waals surface area contributed by atoms with Crippen molar-refractivity contribution in [3.05, 3.63) is 57.6 Å². The van der Waals surface area contributed by atoms with E-state index >= 15 is 0 Å². The van der Waals surface area contributed by atoms with Gasteiger partial charge in [0.2, 0.25) is 0 Å². The Hall–Kier alpha value is -1.95. The molecule has 1 N–H and O–H groups in total. The van der Waals surface area contributed by atoms with Crippen molar-refractivity contribution in [2.24, 2.45) is 0 Å². The van der Waals surface area contributed by atoms with E-state index in [2.05, 4.69) is 9.97 Å². The van der Waals surface area contributed by atoms with Crippen LogP contribution in [0.1, 0.15) is 35.4 Å². The van der Waals surface area contributed by atoms with Gasteiger partial charge in [0.25, 0.3) is 0 Å². The van der Waals surface area contributed by atoms with Gasteiger partial charge in [0.15, 0.2) is 4.77 Å². The van der Waals surface area contributed by atoms with E-state index in [4.69, 9.17) is 12.2 Å². The number of allylic oxidation sites excluding steroid dienone is 1. The molecule has 0 radical (unpaired) electrons. The van der Waals surface area contributed by atoms with Gasteiger partial charge in [0.1, 0.15) is 5.69 Å². The number of rotatable bonds is 1. The number of H-pyrrole nitrogens is 1. The molecule has 0 spiro atoms. The fourth-order valence-corrected chi connectivity index (χ4v) is 2.91. The zero-order valence-electron chi connectivity index (χ0n) is 11.6. The highest BCUT2D eigenvalue weighted by Crippen LogP contribution is 2.38. The molecule has 6 heteroatoms. The molecule has 0 unspecified atom stereocenters. The molecule has 0 atom stereocenters. The van der Waals surface area contributed by atoms with Crippen molar-refractivity contribution < 1.29 is 13.2 Å². The second-order valence-corrected chi connectivity index (χ2v) is 5.56. The molecule has 114 valence electrons. The number of benzene rings is 1. The van der Waals surface area contributed by atoms with Crippen molar-refractivity contribution in [2.45, 2.75) is 25.4 Å². The summed E-state index contributed by atoms with van der Waals surface area (Å²) in [6.45, 7) is 0. The Labute approximate surface area is 130 Å². The third-order valence-electron chi connectivity index (χ3n) is 3.63. The van der Waals surface area contributed by atoms with E-state index in [9.17, 15) is 13.2 Å². The Bertz CT molecular complexity index is 776. The number of nitrogens with one attached hydrogen (secondary N) is 1. The summed E-state index contributed by atoms with van der Waals surface area (Å²) in [4.78, 5) is 6.37. The number of aromatic amines is 1. The fourth-order valence-electron chi connectivity index (χ4n) is 2.71. The van der Waals surface area contributed by atoms with Crippen molar-refractivity contribution in [1.29, 1.82) is 0 Å². The van der Waals surface area contributed by atoms with Gasteiger partial charge in [0.05, 0.1) is 5.69 Å². The van der Waals surface area contributed by atoms with Crippen LogP contribution in [0.5, 0.6) is 0 Å². The maximum Gasteiger partial charge on any atom is 0.431 e. The Morgan fingerprint density at radius 3 is 2.55 bits per heavy atom. The maximum absolute atomic E-state index is 13.2. The lowest BCUT2D eigenvalue weighted by atomic mass is 9.89. The summed E-state index contributed by atoms with van der Waals surface area (Å²) in [5.41, 5.74) is 1.58. The summed E-state index contributed by atoms with van der Waals surface area (Å²) in [6.07, 6.45) is -0.836. The summed E-state index contributed by atoms with van der Waals surface area (Å²) >= 11 is 4.88. The molecule has 1 heterocycles. The SMILES string of the molecule is FC(F)(F)c1[nH]c(=S)nc2c1CCCC2=Cc1ccccc1. The van der Waals surface area contributed by atoms with Crippen molar-refractivity contribution in [1.82, 2.24) is 9.97 Å². The van der Waals surface area contributed by atoms with E-state index in [0.717, 1.165) is 11.1 Å². The highest BCUT2D eigenvalue weighted by Gasteiger charge is 2.37. The molecule has 2 aromatic rings. The second kappa shape index (κ2) is 5.68. The minimum atomic E-state index is -4.45. The van der Waals surface area contributed by atoms with Crippen LogP contribution in [0, 0.1) is 4.77 Å². The van der Waals surface area contributed by atoms with E-state index in [1.54, 1.807) is 0 Å². The highest BCUT2D eigenvalue weighted by atomic mass is 32.1. The van der Waals surface area contributed by atoms with Gasteiger partial charge in [-0.25, -0.2) is 4.98 Å². The van der Waals surface area contributed by atoms with Crippen LogP contribution in [-0.4, -0.2) is 9.97 Å². The number of fused-ring (bicyclic) bond motifs is 1. The van der Waals surface area contributed by atoms with E-state index in [1.165, 1.54) is 0 Å². The second-order valence-electron chi connectivity index (χ2n) is 5.18. The zero-order chi connectivity index (χ0) is 15.7. The average Bonchev–Trinajstić information content (AvgIpc) is 2.47. The predicted molar refractivity (Wildman–Crippen MR) is 81.7 cm³/mol. The number of hydrogen-bond donors (Lipinski definition) is 1. The van der Waals surface area contributed by atoms with Gasteiger partial charge in [-0.15, -0.1) is 0 Å². The Balaban J connectivity index is 2.17. The molecular weight excluding hydrogens is 309 g/mol. The van der Waals surface area contributed by atoms with E-state index in [0.29, 0.717) is 25.0 Å². The van der Waals surface area contributed by atoms with Gasteiger partial charge < -0.3 is 4.98 Å². The van der Waals surface area contributed by atoms with Gasteiger partial charge in [-0.3, -0.25) is 0 Å². The molecule has 0 amide bonds. The standard InChI is InChI=1S/C16H13F3N2S/c17-16(18,19)14-12-8-4-7-11(13(12)20-15(22)21-14)9-10-5-2-1-3-6-10/h1-3,5-6,9H,4,7-8H2,(H,20,21,22). The third kappa shape index (κ3) is 2.97. The number of aromatic nitrogens is 2. The summed E-state index contributed by atoms with van der Waals surface area (Å²) in [7, 11) is 0. The number of halogens is 3. The summed E-state index contributed by atoms with van der Waals surface area (Å²) in [5, 5.41) is 0. The molecule has 2 nitrogen and oxygen atoms in total. The fraction of sp³-hybridized carbons (Fsp3) is 0.250. The van der Waals surface area contributed by atoms with Crippen LogP contribution in [0.2, 0.25) is 0 Å². The van der Waals surface area contributed by atoms with E-state index < -0.39 is 11.9 Å². The lowest BCUT2D eigenvalue weighted by molar-refractivity contribution is -0.142. The van der Waals surface area contributed by atoms with Crippen molar-refractivity contribution in [2.75, 3.05) is 0 Å². The summed E-state index contributed by atoms with van der Waals surface area (Å²) in [5.74, 6) is 0. The predicted octanol–water partition coefficient (Wildman–Crippen LogP) is 5.03. The molecule has 1 aromatic heterocycles. The van der Waals surface area contributed by atoms with Gasteiger partial charge in [0, 0.05) is 5.56 Å². The molecule has 0 bridgehead atoms. The average molecular weight is 322 g/mol. The minimum absolute atomic E-state index is 0.132. The van der Waals surface area contributed by atoms with E-state index in [-0.39, 0.29) is 10.3 Å². The molecular formula is C16H13F3N2S. The molecule has 0 fully saturated rings. The normalized spacial score (nSPS) is 16.6. The first-order chi connectivity index (χ1) is 10.4. The Morgan fingerprint density at radius 2 is 1.86 bits per heavy atom. The third-order valence-corrected chi connectivity index (χ3v) is 3.83. The topological polar surface area (TPSA) is 28.7 Å². The van der Waals surface area contributed by atoms with Crippen LogP contribution in [0.25, 0.3) is 11.6 Å². The van der Waals surface area contributed by atoms with Gasteiger partial charge in [-0.05, 0) is 48.7 Å². The quantitative estimate of drug-likeness (QED) is 0.746. The molecule has 1 aromatic carbocycles. The van der Waals surface area contributed by atoms with Gasteiger partial charge in [-0.2, -0.15) is 13.2 Å². The van der Waals surface area contributed by atoms with Crippen LogP contribution in [0.15, 0.2) is 30.3 Å². The molecule has 1 aliphatic carbocycles.